The van der Waals surface area contributed by atoms with Gasteiger partial charge in [0.2, 0.25) is 0 Å². The predicted octanol–water partition coefficient (Wildman–Crippen LogP) is 2.92. The van der Waals surface area contributed by atoms with Crippen molar-refractivity contribution in [1.29, 1.82) is 0 Å². The van der Waals surface area contributed by atoms with Crippen molar-refractivity contribution >= 4 is 0 Å². The number of hydrogen-bond acceptors (Lipinski definition) is 1. The fourth-order valence-corrected chi connectivity index (χ4v) is 2.17. The van der Waals surface area contributed by atoms with Crippen molar-refractivity contribution in [2.24, 2.45) is 0 Å². The quantitative estimate of drug-likeness (QED) is 0.769. The van der Waals surface area contributed by atoms with Crippen molar-refractivity contribution in [1.82, 2.24) is 5.32 Å². The van der Waals surface area contributed by atoms with Crippen LogP contribution in [0.25, 0.3) is 0 Å². The summed E-state index contributed by atoms with van der Waals surface area (Å²) in [4.78, 5) is 0. The highest BCUT2D eigenvalue weighted by Gasteiger charge is 2.19. The largest absolute Gasteiger partial charge is 0.306 e. The number of hydrogen-bond donors (Lipinski definition) is 1. The number of nitrogens with one attached hydrogen (secondary N) is 1. The van der Waals surface area contributed by atoms with E-state index in [4.69, 9.17) is 6.85 Å². The first-order valence-corrected chi connectivity index (χ1v) is 5.40. The second kappa shape index (κ2) is 4.11. The third-order valence-electron chi connectivity index (χ3n) is 2.92. The SMILES string of the molecule is [2H]c1c([2H])c([2H])c(C2NCCc3ccccc32)c([2H])c1[2H]. The van der Waals surface area contributed by atoms with Crippen LogP contribution in [0.2, 0.25) is 0 Å². The topological polar surface area (TPSA) is 12.0 Å². The van der Waals surface area contributed by atoms with Crippen LogP contribution in [0, 0.1) is 0 Å². The van der Waals surface area contributed by atoms with Gasteiger partial charge in [-0.25, -0.2) is 0 Å². The van der Waals surface area contributed by atoms with Gasteiger partial charge in [0.15, 0.2) is 0 Å². The van der Waals surface area contributed by atoms with E-state index in [0.29, 0.717) is 5.56 Å². The van der Waals surface area contributed by atoms with E-state index in [2.05, 4.69) is 5.32 Å². The Labute approximate surface area is 103 Å². The predicted molar refractivity (Wildman–Crippen MR) is 66.4 cm³/mol. The van der Waals surface area contributed by atoms with Gasteiger partial charge in [0.05, 0.1) is 12.9 Å². The molecule has 1 heterocycles. The maximum atomic E-state index is 8.10. The number of benzene rings is 2. The van der Waals surface area contributed by atoms with Crippen LogP contribution in [0.15, 0.2) is 54.5 Å². The lowest BCUT2D eigenvalue weighted by Crippen LogP contribution is -2.30. The Morgan fingerprint density at radius 1 is 1.12 bits per heavy atom. The second-order valence-electron chi connectivity index (χ2n) is 3.87. The maximum absolute atomic E-state index is 8.10. The van der Waals surface area contributed by atoms with Crippen molar-refractivity contribution < 1.29 is 6.85 Å². The van der Waals surface area contributed by atoms with Crippen molar-refractivity contribution in [3.8, 4) is 0 Å². The summed E-state index contributed by atoms with van der Waals surface area (Å²) < 4.78 is 39.5. The van der Waals surface area contributed by atoms with E-state index in [1.54, 1.807) is 0 Å². The summed E-state index contributed by atoms with van der Waals surface area (Å²) in [5, 5.41) is 3.28. The smallest absolute Gasteiger partial charge is 0.0626 e. The van der Waals surface area contributed by atoms with Crippen LogP contribution in [-0.2, 0) is 6.42 Å². The van der Waals surface area contributed by atoms with Gasteiger partial charge in [-0.05, 0) is 23.1 Å². The highest BCUT2D eigenvalue weighted by Crippen LogP contribution is 2.27. The summed E-state index contributed by atoms with van der Waals surface area (Å²) in [5.74, 6) is 0. The fourth-order valence-electron chi connectivity index (χ4n) is 2.17. The first-order chi connectivity index (χ1) is 10.0. The zero-order valence-corrected chi connectivity index (χ0v) is 8.80. The van der Waals surface area contributed by atoms with Gasteiger partial charge in [-0.2, -0.15) is 0 Å². The van der Waals surface area contributed by atoms with Crippen LogP contribution < -0.4 is 5.32 Å². The lowest BCUT2D eigenvalue weighted by atomic mass is 9.90. The summed E-state index contributed by atoms with van der Waals surface area (Å²) in [5.41, 5.74) is 2.48. The zero-order valence-electron chi connectivity index (χ0n) is 13.8. The molecule has 0 amide bonds. The molecule has 1 aliphatic rings. The van der Waals surface area contributed by atoms with Crippen LogP contribution in [-0.4, -0.2) is 6.54 Å². The molecule has 0 fully saturated rings. The Morgan fingerprint density at radius 3 is 2.81 bits per heavy atom. The summed E-state index contributed by atoms with van der Waals surface area (Å²) in [6.07, 6.45) is 0.880. The molecule has 1 N–H and O–H groups in total. The van der Waals surface area contributed by atoms with Crippen LogP contribution in [0.4, 0.5) is 0 Å². The normalized spacial score (nSPS) is 23.5. The average Bonchev–Trinajstić information content (AvgIpc) is 2.51. The van der Waals surface area contributed by atoms with Gasteiger partial charge in [-0.15, -0.1) is 0 Å². The molecule has 0 radical (unpaired) electrons. The zero-order chi connectivity index (χ0) is 15.1. The molecule has 0 aliphatic carbocycles. The molecular weight excluding hydrogens is 194 g/mol. The Bertz CT molecular complexity index is 684. The van der Waals surface area contributed by atoms with Gasteiger partial charge in [-0.1, -0.05) is 54.5 Å². The molecule has 3 rings (SSSR count). The van der Waals surface area contributed by atoms with E-state index >= 15 is 0 Å². The molecule has 1 atom stereocenters. The molecule has 0 bridgehead atoms. The molecular formula is C15H15N. The van der Waals surface area contributed by atoms with Gasteiger partial charge in [0.1, 0.15) is 0 Å². The van der Waals surface area contributed by atoms with Crippen LogP contribution in [0.5, 0.6) is 0 Å². The van der Waals surface area contributed by atoms with E-state index in [-0.39, 0.29) is 36.3 Å². The Hall–Kier alpha value is -1.60. The van der Waals surface area contributed by atoms with Crippen molar-refractivity contribution in [2.45, 2.75) is 12.5 Å². The second-order valence-corrected chi connectivity index (χ2v) is 3.87. The molecule has 0 saturated heterocycles. The molecule has 1 aliphatic heterocycles. The van der Waals surface area contributed by atoms with Gasteiger partial charge in [-0.3, -0.25) is 0 Å². The first kappa shape index (κ1) is 5.65. The van der Waals surface area contributed by atoms with Crippen molar-refractivity contribution in [3.63, 3.8) is 0 Å². The van der Waals surface area contributed by atoms with Gasteiger partial charge in [0.25, 0.3) is 0 Å². The first-order valence-electron chi connectivity index (χ1n) is 7.90. The highest BCUT2D eigenvalue weighted by atomic mass is 14.9. The molecule has 0 saturated carbocycles. The van der Waals surface area contributed by atoms with Crippen molar-refractivity contribution in [3.05, 3.63) is 71.2 Å². The number of fused-ring (bicyclic) bond motifs is 1. The van der Waals surface area contributed by atoms with Gasteiger partial charge in [0, 0.05) is 6.54 Å². The molecule has 1 heteroatoms. The summed E-state index contributed by atoms with van der Waals surface area (Å²) >= 11 is 0. The third-order valence-corrected chi connectivity index (χ3v) is 2.92. The highest BCUT2D eigenvalue weighted by molar-refractivity contribution is 5.39. The maximum Gasteiger partial charge on any atom is 0.0626 e. The fraction of sp³-hybridized carbons (Fsp3) is 0.200. The standard InChI is InChI=1S/C15H15N/c1-2-7-13(8-3-1)15-14-9-5-4-6-12(14)10-11-16-15/h1-9,15-16H,10-11H2/i1D,2D,3D,7D,8D. The monoisotopic (exact) mass is 214 g/mol. The number of rotatable bonds is 1. The molecule has 1 unspecified atom stereocenters. The lowest BCUT2D eigenvalue weighted by Gasteiger charge is -2.27. The Balaban J connectivity index is 2.24. The minimum Gasteiger partial charge on any atom is -0.306 e. The summed E-state index contributed by atoms with van der Waals surface area (Å²) in [7, 11) is 0. The molecule has 0 aromatic heterocycles. The van der Waals surface area contributed by atoms with Gasteiger partial charge >= 0.3 is 0 Å². The van der Waals surface area contributed by atoms with Crippen LogP contribution >= 0.6 is 0 Å². The van der Waals surface area contributed by atoms with E-state index in [0.717, 1.165) is 24.1 Å². The van der Waals surface area contributed by atoms with E-state index in [9.17, 15) is 0 Å². The van der Waals surface area contributed by atoms with E-state index < -0.39 is 0 Å². The molecule has 16 heavy (non-hydrogen) atoms. The van der Waals surface area contributed by atoms with E-state index in [1.807, 2.05) is 24.3 Å². The minimum atomic E-state index is -0.358. The Kier molecular flexibility index (Phi) is 1.45. The molecule has 1 nitrogen and oxygen atoms in total. The molecule has 0 spiro atoms. The minimum absolute atomic E-state index is 0.129. The third kappa shape index (κ3) is 1.63. The molecule has 2 aromatic carbocycles. The summed E-state index contributed by atoms with van der Waals surface area (Å²) in [6.45, 7) is 0.726. The molecule has 80 valence electrons. The summed E-state index contributed by atoms with van der Waals surface area (Å²) in [6, 6.07) is 6.32. The van der Waals surface area contributed by atoms with Crippen LogP contribution in [0.3, 0.4) is 0 Å². The Morgan fingerprint density at radius 2 is 1.94 bits per heavy atom. The van der Waals surface area contributed by atoms with Crippen molar-refractivity contribution in [2.75, 3.05) is 6.54 Å². The average molecular weight is 214 g/mol. The van der Waals surface area contributed by atoms with Crippen LogP contribution in [0.1, 0.15) is 29.6 Å². The van der Waals surface area contributed by atoms with E-state index in [1.165, 1.54) is 0 Å². The van der Waals surface area contributed by atoms with Gasteiger partial charge < -0.3 is 5.32 Å². The lowest BCUT2D eigenvalue weighted by molar-refractivity contribution is 0.568. The molecule has 2 aromatic rings.